The Hall–Kier alpha value is -1.57. The van der Waals surface area contributed by atoms with Crippen LogP contribution in [0.25, 0.3) is 11.3 Å². The lowest BCUT2D eigenvalue weighted by Crippen LogP contribution is -2.09. The summed E-state index contributed by atoms with van der Waals surface area (Å²) in [6.45, 7) is 0. The quantitative estimate of drug-likeness (QED) is 0.878. The van der Waals surface area contributed by atoms with E-state index >= 15 is 0 Å². The van der Waals surface area contributed by atoms with E-state index in [4.69, 9.17) is 16.9 Å². The van der Waals surface area contributed by atoms with Crippen LogP contribution in [0, 0.1) is 11.3 Å². The first-order chi connectivity index (χ1) is 8.13. The Balaban J connectivity index is 2.77. The number of rotatable bonds is 1. The molecule has 0 spiro atoms. The summed E-state index contributed by atoms with van der Waals surface area (Å²) in [5.41, 5.74) is 1.14. The van der Waals surface area contributed by atoms with Gasteiger partial charge in [-0.25, -0.2) is 0 Å². The number of nitrogens with one attached hydrogen (secondary N) is 1. The standard InChI is InChI=1S/C12H6BrClN2O/c13-9-5-7(6-15)11(16-12(9)17)8-3-1-2-4-10(8)14/h1-5H,(H,16,17). The van der Waals surface area contributed by atoms with E-state index in [0.717, 1.165) is 0 Å². The number of aromatic amines is 1. The predicted molar refractivity (Wildman–Crippen MR) is 69.9 cm³/mol. The summed E-state index contributed by atoms with van der Waals surface area (Å²) in [5, 5.41) is 9.54. The predicted octanol–water partition coefficient (Wildman–Crippen LogP) is 3.33. The maximum atomic E-state index is 11.5. The van der Waals surface area contributed by atoms with Crippen LogP contribution in [0.2, 0.25) is 5.02 Å². The van der Waals surface area contributed by atoms with E-state index in [0.29, 0.717) is 26.3 Å². The fourth-order valence-corrected chi connectivity index (χ4v) is 2.03. The zero-order valence-electron chi connectivity index (χ0n) is 8.50. The second kappa shape index (κ2) is 4.74. The maximum absolute atomic E-state index is 11.5. The molecule has 0 saturated heterocycles. The van der Waals surface area contributed by atoms with Crippen molar-refractivity contribution in [3.63, 3.8) is 0 Å². The monoisotopic (exact) mass is 308 g/mol. The van der Waals surface area contributed by atoms with Crippen LogP contribution >= 0.6 is 27.5 Å². The van der Waals surface area contributed by atoms with Crippen molar-refractivity contribution in [1.82, 2.24) is 4.98 Å². The number of hydrogen-bond acceptors (Lipinski definition) is 2. The van der Waals surface area contributed by atoms with Crippen molar-refractivity contribution in [3.8, 4) is 17.3 Å². The fourth-order valence-electron chi connectivity index (χ4n) is 1.47. The number of nitrogens with zero attached hydrogens (tertiary/aromatic N) is 1. The van der Waals surface area contributed by atoms with E-state index < -0.39 is 0 Å². The Morgan fingerprint density at radius 2 is 2.06 bits per heavy atom. The van der Waals surface area contributed by atoms with Crippen molar-refractivity contribution >= 4 is 27.5 Å². The van der Waals surface area contributed by atoms with Crippen LogP contribution in [0.15, 0.2) is 39.6 Å². The van der Waals surface area contributed by atoms with Crippen molar-refractivity contribution in [2.24, 2.45) is 0 Å². The van der Waals surface area contributed by atoms with Gasteiger partial charge in [-0.05, 0) is 28.1 Å². The molecular weight excluding hydrogens is 304 g/mol. The molecule has 0 radical (unpaired) electrons. The average Bonchev–Trinajstić information content (AvgIpc) is 2.33. The van der Waals surface area contributed by atoms with E-state index in [-0.39, 0.29) is 5.56 Å². The summed E-state index contributed by atoms with van der Waals surface area (Å²) in [5.74, 6) is 0. The topological polar surface area (TPSA) is 56.6 Å². The van der Waals surface area contributed by atoms with Crippen molar-refractivity contribution in [2.45, 2.75) is 0 Å². The van der Waals surface area contributed by atoms with Crippen LogP contribution in [0.3, 0.4) is 0 Å². The first kappa shape index (κ1) is 11.9. The summed E-state index contributed by atoms with van der Waals surface area (Å²) in [7, 11) is 0. The van der Waals surface area contributed by atoms with Gasteiger partial charge < -0.3 is 4.98 Å². The van der Waals surface area contributed by atoms with E-state index in [9.17, 15) is 4.79 Å². The summed E-state index contributed by atoms with van der Waals surface area (Å²) >= 11 is 9.12. The number of nitriles is 1. The van der Waals surface area contributed by atoms with Crippen LogP contribution in [0.5, 0.6) is 0 Å². The van der Waals surface area contributed by atoms with E-state index in [2.05, 4.69) is 20.9 Å². The first-order valence-electron chi connectivity index (χ1n) is 4.71. The molecule has 0 unspecified atom stereocenters. The number of pyridine rings is 1. The van der Waals surface area contributed by atoms with Gasteiger partial charge in [0.05, 0.1) is 15.7 Å². The molecule has 0 fully saturated rings. The highest BCUT2D eigenvalue weighted by Crippen LogP contribution is 2.28. The smallest absolute Gasteiger partial charge is 0.262 e. The van der Waals surface area contributed by atoms with Gasteiger partial charge in [0.2, 0.25) is 0 Å². The molecule has 0 saturated carbocycles. The molecule has 0 amide bonds. The number of aromatic nitrogens is 1. The Morgan fingerprint density at radius 3 is 2.71 bits per heavy atom. The lowest BCUT2D eigenvalue weighted by molar-refractivity contribution is 1.20. The molecule has 0 aliphatic carbocycles. The minimum Gasteiger partial charge on any atom is -0.320 e. The molecule has 5 heteroatoms. The average molecular weight is 310 g/mol. The Kier molecular flexibility index (Phi) is 3.32. The Morgan fingerprint density at radius 1 is 1.35 bits per heavy atom. The third-order valence-electron chi connectivity index (χ3n) is 2.26. The normalized spacial score (nSPS) is 9.94. The molecule has 2 rings (SSSR count). The summed E-state index contributed by atoms with van der Waals surface area (Å²) in [4.78, 5) is 14.2. The van der Waals surface area contributed by atoms with E-state index in [1.807, 2.05) is 6.07 Å². The molecule has 0 bridgehead atoms. The van der Waals surface area contributed by atoms with Gasteiger partial charge in [0.25, 0.3) is 5.56 Å². The van der Waals surface area contributed by atoms with Crippen LogP contribution in [-0.4, -0.2) is 4.98 Å². The molecule has 1 N–H and O–H groups in total. The zero-order chi connectivity index (χ0) is 12.4. The number of H-pyrrole nitrogens is 1. The molecule has 2 aromatic rings. The van der Waals surface area contributed by atoms with Crippen LogP contribution in [-0.2, 0) is 0 Å². The lowest BCUT2D eigenvalue weighted by Gasteiger charge is -2.06. The van der Waals surface area contributed by atoms with Gasteiger partial charge in [-0.2, -0.15) is 5.26 Å². The third-order valence-corrected chi connectivity index (χ3v) is 3.18. The molecule has 0 aliphatic heterocycles. The first-order valence-corrected chi connectivity index (χ1v) is 5.88. The number of benzene rings is 1. The molecule has 1 heterocycles. The number of halogens is 2. The second-order valence-electron chi connectivity index (χ2n) is 3.33. The van der Waals surface area contributed by atoms with Crippen molar-refractivity contribution in [3.05, 3.63) is 55.7 Å². The summed E-state index contributed by atoms with van der Waals surface area (Å²) in [6.07, 6.45) is 0. The van der Waals surface area contributed by atoms with Crippen molar-refractivity contribution in [1.29, 1.82) is 5.26 Å². The highest BCUT2D eigenvalue weighted by molar-refractivity contribution is 9.10. The van der Waals surface area contributed by atoms with Gasteiger partial charge in [-0.15, -0.1) is 0 Å². The molecule has 1 aromatic heterocycles. The highest BCUT2D eigenvalue weighted by atomic mass is 79.9. The minimum atomic E-state index is -0.293. The Bertz CT molecular complexity index is 673. The summed E-state index contributed by atoms with van der Waals surface area (Å²) < 4.78 is 0.324. The van der Waals surface area contributed by atoms with Crippen molar-refractivity contribution in [2.75, 3.05) is 0 Å². The van der Waals surface area contributed by atoms with Gasteiger partial charge in [0.1, 0.15) is 6.07 Å². The van der Waals surface area contributed by atoms with Crippen molar-refractivity contribution < 1.29 is 0 Å². The van der Waals surface area contributed by atoms with Crippen LogP contribution in [0.4, 0.5) is 0 Å². The van der Waals surface area contributed by atoms with Gasteiger partial charge in [0, 0.05) is 10.6 Å². The molecule has 17 heavy (non-hydrogen) atoms. The molecule has 1 aromatic carbocycles. The largest absolute Gasteiger partial charge is 0.320 e. The van der Waals surface area contributed by atoms with Gasteiger partial charge in [-0.3, -0.25) is 4.79 Å². The minimum absolute atomic E-state index is 0.293. The van der Waals surface area contributed by atoms with Gasteiger partial charge >= 0.3 is 0 Å². The SMILES string of the molecule is N#Cc1cc(Br)c(=O)[nH]c1-c1ccccc1Cl. The van der Waals surface area contributed by atoms with E-state index in [1.165, 1.54) is 6.07 Å². The molecular formula is C12H6BrClN2O. The lowest BCUT2D eigenvalue weighted by atomic mass is 10.1. The molecule has 3 nitrogen and oxygen atoms in total. The summed E-state index contributed by atoms with van der Waals surface area (Å²) in [6, 6.07) is 10.6. The molecule has 0 atom stereocenters. The molecule has 0 aliphatic rings. The highest BCUT2D eigenvalue weighted by Gasteiger charge is 2.11. The second-order valence-corrected chi connectivity index (χ2v) is 4.59. The van der Waals surface area contributed by atoms with Crippen LogP contribution in [0.1, 0.15) is 5.56 Å². The van der Waals surface area contributed by atoms with Gasteiger partial charge in [0.15, 0.2) is 0 Å². The van der Waals surface area contributed by atoms with E-state index in [1.54, 1.807) is 24.3 Å². The third kappa shape index (κ3) is 2.26. The molecule has 84 valence electrons. The maximum Gasteiger partial charge on any atom is 0.262 e. The number of hydrogen-bond donors (Lipinski definition) is 1. The fraction of sp³-hybridized carbons (Fsp3) is 0. The zero-order valence-corrected chi connectivity index (χ0v) is 10.8. The Labute approximate surface area is 111 Å². The van der Waals surface area contributed by atoms with Gasteiger partial charge in [-0.1, -0.05) is 29.8 Å². The van der Waals surface area contributed by atoms with Crippen LogP contribution < -0.4 is 5.56 Å².